The summed E-state index contributed by atoms with van der Waals surface area (Å²) >= 11 is 1.50. The number of fused-ring (bicyclic) bond motifs is 1. The number of aryl methyl sites for hydroxylation is 2. The van der Waals surface area contributed by atoms with Crippen LogP contribution in [0.25, 0.3) is 10.2 Å². The van der Waals surface area contributed by atoms with Gasteiger partial charge < -0.3 is 0 Å². The van der Waals surface area contributed by atoms with Crippen molar-refractivity contribution in [2.24, 2.45) is 0 Å². The second kappa shape index (κ2) is 11.7. The van der Waals surface area contributed by atoms with Crippen LogP contribution < -0.4 is 4.90 Å². The van der Waals surface area contributed by atoms with E-state index in [1.54, 1.807) is 17.0 Å². The van der Waals surface area contributed by atoms with E-state index in [4.69, 9.17) is 4.98 Å². The monoisotopic (exact) mass is 569 g/mol. The van der Waals surface area contributed by atoms with Crippen molar-refractivity contribution in [3.8, 4) is 0 Å². The Kier molecular flexibility index (Phi) is 8.12. The van der Waals surface area contributed by atoms with E-state index in [2.05, 4.69) is 6.07 Å². The first kappa shape index (κ1) is 27.7. The molecule has 0 aliphatic rings. The number of carbonyl (C=O) groups excluding carboxylic acids is 1. The number of sulfonamides is 1. The summed E-state index contributed by atoms with van der Waals surface area (Å²) in [7, 11) is -3.74. The first-order valence-electron chi connectivity index (χ1n) is 13.1. The maximum atomic E-state index is 13.9. The van der Waals surface area contributed by atoms with Gasteiger partial charge in [0.05, 0.1) is 21.7 Å². The molecule has 0 fully saturated rings. The van der Waals surface area contributed by atoms with Gasteiger partial charge in [-0.15, -0.1) is 0 Å². The predicted molar refractivity (Wildman–Crippen MR) is 162 cm³/mol. The molecule has 6 nitrogen and oxygen atoms in total. The van der Waals surface area contributed by atoms with Gasteiger partial charge >= 0.3 is 0 Å². The van der Waals surface area contributed by atoms with E-state index in [0.29, 0.717) is 23.8 Å². The van der Waals surface area contributed by atoms with Crippen molar-refractivity contribution in [2.45, 2.75) is 38.8 Å². The standard InChI is InChI=1S/C32H31N3O3S2/c1-4-34(21-25-11-7-5-8-12-25)40(37,38)28-19-17-27(18-20-28)31(36)35(22-26-13-9-6-10-14-26)32-33-29-23(2)15-16-24(3)30(29)39-32/h5-20H,4,21-22H2,1-3H3. The first-order valence-corrected chi connectivity index (χ1v) is 15.4. The van der Waals surface area contributed by atoms with Crippen molar-refractivity contribution in [3.05, 3.63) is 125 Å². The maximum absolute atomic E-state index is 13.9. The van der Waals surface area contributed by atoms with Crippen LogP contribution in [0.15, 0.2) is 102 Å². The van der Waals surface area contributed by atoms with Crippen LogP contribution >= 0.6 is 11.3 Å². The number of hydrogen-bond acceptors (Lipinski definition) is 5. The molecule has 0 aliphatic heterocycles. The van der Waals surface area contributed by atoms with Gasteiger partial charge in [-0.05, 0) is 60.4 Å². The summed E-state index contributed by atoms with van der Waals surface area (Å²) in [5, 5.41) is 0.609. The molecule has 4 aromatic carbocycles. The molecule has 0 aliphatic carbocycles. The van der Waals surface area contributed by atoms with Gasteiger partial charge in [0.15, 0.2) is 5.13 Å². The Labute approximate surface area is 239 Å². The average molecular weight is 570 g/mol. The van der Waals surface area contributed by atoms with Crippen LogP contribution in [-0.4, -0.2) is 30.2 Å². The number of carbonyl (C=O) groups is 1. The third-order valence-electron chi connectivity index (χ3n) is 6.88. The van der Waals surface area contributed by atoms with Gasteiger partial charge in [0.1, 0.15) is 0 Å². The van der Waals surface area contributed by atoms with Gasteiger partial charge in [-0.2, -0.15) is 4.31 Å². The van der Waals surface area contributed by atoms with Crippen LogP contribution in [0.2, 0.25) is 0 Å². The molecule has 5 rings (SSSR count). The third-order valence-corrected chi connectivity index (χ3v) is 10.0. The van der Waals surface area contributed by atoms with Gasteiger partial charge in [-0.3, -0.25) is 9.69 Å². The summed E-state index contributed by atoms with van der Waals surface area (Å²) in [6, 6.07) is 29.6. The highest BCUT2D eigenvalue weighted by molar-refractivity contribution is 7.89. The predicted octanol–water partition coefficient (Wildman–Crippen LogP) is 6.97. The second-order valence-electron chi connectivity index (χ2n) is 9.69. The highest BCUT2D eigenvalue weighted by atomic mass is 32.2. The number of nitrogens with zero attached hydrogens (tertiary/aromatic N) is 3. The quantitative estimate of drug-likeness (QED) is 0.192. The lowest BCUT2D eigenvalue weighted by Crippen LogP contribution is -2.31. The highest BCUT2D eigenvalue weighted by Crippen LogP contribution is 2.34. The molecule has 8 heteroatoms. The van der Waals surface area contributed by atoms with Crippen molar-refractivity contribution < 1.29 is 13.2 Å². The van der Waals surface area contributed by atoms with Crippen LogP contribution in [0.4, 0.5) is 5.13 Å². The number of hydrogen-bond donors (Lipinski definition) is 0. The van der Waals surface area contributed by atoms with E-state index in [-0.39, 0.29) is 17.3 Å². The number of thiazole rings is 1. The Bertz CT molecular complexity index is 1690. The Morgan fingerprint density at radius 1 is 0.775 bits per heavy atom. The molecular formula is C32H31N3O3S2. The van der Waals surface area contributed by atoms with Crippen LogP contribution in [0.5, 0.6) is 0 Å². The molecule has 204 valence electrons. The molecule has 1 heterocycles. The van der Waals surface area contributed by atoms with Gasteiger partial charge in [0, 0.05) is 18.7 Å². The second-order valence-corrected chi connectivity index (χ2v) is 12.6. The molecule has 5 aromatic rings. The van der Waals surface area contributed by atoms with E-state index in [0.717, 1.165) is 32.5 Å². The minimum absolute atomic E-state index is 0.155. The molecule has 0 bridgehead atoms. The van der Waals surface area contributed by atoms with Crippen molar-refractivity contribution in [2.75, 3.05) is 11.4 Å². The van der Waals surface area contributed by atoms with Crippen molar-refractivity contribution in [1.82, 2.24) is 9.29 Å². The van der Waals surface area contributed by atoms with Crippen LogP contribution in [-0.2, 0) is 23.1 Å². The lowest BCUT2D eigenvalue weighted by molar-refractivity contribution is 0.0985. The molecule has 1 aromatic heterocycles. The SMILES string of the molecule is CCN(Cc1ccccc1)S(=O)(=O)c1ccc(C(=O)N(Cc2ccccc2)c2nc3c(C)ccc(C)c3s2)cc1. The number of benzene rings is 4. The van der Waals surface area contributed by atoms with Crippen molar-refractivity contribution >= 4 is 42.6 Å². The fourth-order valence-corrected chi connectivity index (χ4v) is 7.13. The van der Waals surface area contributed by atoms with Crippen LogP contribution in [0.3, 0.4) is 0 Å². The topological polar surface area (TPSA) is 70.6 Å². The zero-order chi connectivity index (χ0) is 28.3. The van der Waals surface area contributed by atoms with E-state index in [1.807, 2.05) is 87.5 Å². The summed E-state index contributed by atoms with van der Waals surface area (Å²) in [6.07, 6.45) is 0. The number of amides is 1. The highest BCUT2D eigenvalue weighted by Gasteiger charge is 2.26. The lowest BCUT2D eigenvalue weighted by atomic mass is 10.1. The maximum Gasteiger partial charge on any atom is 0.260 e. The summed E-state index contributed by atoms with van der Waals surface area (Å²) in [5.74, 6) is -0.237. The third kappa shape index (κ3) is 5.70. The molecule has 0 spiro atoms. The number of aromatic nitrogens is 1. The molecule has 0 radical (unpaired) electrons. The summed E-state index contributed by atoms with van der Waals surface area (Å²) < 4.78 is 29.4. The number of rotatable bonds is 9. The van der Waals surface area contributed by atoms with Gasteiger partial charge in [0.2, 0.25) is 10.0 Å². The Balaban J connectivity index is 1.46. The fourth-order valence-electron chi connectivity index (χ4n) is 4.58. The number of anilines is 1. The largest absolute Gasteiger partial charge is 0.279 e. The first-order chi connectivity index (χ1) is 19.3. The normalized spacial score (nSPS) is 11.7. The molecule has 40 heavy (non-hydrogen) atoms. The molecule has 0 N–H and O–H groups in total. The van der Waals surface area contributed by atoms with Gasteiger partial charge in [0.25, 0.3) is 5.91 Å². The van der Waals surface area contributed by atoms with Gasteiger partial charge in [-0.1, -0.05) is 91.1 Å². The minimum Gasteiger partial charge on any atom is -0.279 e. The van der Waals surface area contributed by atoms with E-state index >= 15 is 0 Å². The van der Waals surface area contributed by atoms with Crippen LogP contribution in [0, 0.1) is 13.8 Å². The zero-order valence-electron chi connectivity index (χ0n) is 22.7. The molecule has 0 saturated carbocycles. The zero-order valence-corrected chi connectivity index (χ0v) is 24.4. The molecule has 0 saturated heterocycles. The van der Waals surface area contributed by atoms with E-state index < -0.39 is 10.0 Å². The Morgan fingerprint density at radius 3 is 1.93 bits per heavy atom. The van der Waals surface area contributed by atoms with E-state index in [1.165, 1.54) is 27.8 Å². The average Bonchev–Trinajstić information content (AvgIpc) is 3.44. The lowest BCUT2D eigenvalue weighted by Gasteiger charge is -2.22. The molecule has 0 atom stereocenters. The van der Waals surface area contributed by atoms with Crippen LogP contribution in [0.1, 0.15) is 39.5 Å². The summed E-state index contributed by atoms with van der Waals surface area (Å²) in [5.41, 5.74) is 5.35. The van der Waals surface area contributed by atoms with Gasteiger partial charge in [-0.25, -0.2) is 13.4 Å². The minimum atomic E-state index is -3.74. The van der Waals surface area contributed by atoms with Crippen molar-refractivity contribution in [3.63, 3.8) is 0 Å². The molecular weight excluding hydrogens is 539 g/mol. The Morgan fingerprint density at radius 2 is 1.35 bits per heavy atom. The summed E-state index contributed by atoms with van der Waals surface area (Å²) in [6.45, 7) is 6.84. The molecule has 1 amide bonds. The fraction of sp³-hybridized carbons (Fsp3) is 0.188. The molecule has 0 unspecified atom stereocenters. The van der Waals surface area contributed by atoms with E-state index in [9.17, 15) is 13.2 Å². The van der Waals surface area contributed by atoms with Crippen molar-refractivity contribution in [1.29, 1.82) is 0 Å². The Hall–Kier alpha value is -3.85. The summed E-state index contributed by atoms with van der Waals surface area (Å²) in [4.78, 5) is 20.6. The smallest absolute Gasteiger partial charge is 0.260 e.